The van der Waals surface area contributed by atoms with Gasteiger partial charge < -0.3 is 5.11 Å². The minimum Gasteiger partial charge on any atom is -0.393 e. The lowest BCUT2D eigenvalue weighted by Gasteiger charge is -2.55. The fourth-order valence-corrected chi connectivity index (χ4v) is 8.50. The van der Waals surface area contributed by atoms with Gasteiger partial charge in [0.05, 0.1) is 6.10 Å². The second-order valence-corrected chi connectivity index (χ2v) is 13.5. The Labute approximate surface area is 187 Å². The van der Waals surface area contributed by atoms with Gasteiger partial charge in [0.25, 0.3) is 0 Å². The topological polar surface area (TPSA) is 20.2 Å². The van der Waals surface area contributed by atoms with E-state index in [4.69, 9.17) is 0 Å². The van der Waals surface area contributed by atoms with Crippen molar-refractivity contribution in [1.29, 1.82) is 0 Å². The number of hydrogen-bond acceptors (Lipinski definition) is 1. The maximum Gasteiger partial charge on any atom is 0.0543 e. The van der Waals surface area contributed by atoms with Gasteiger partial charge in [0.15, 0.2) is 0 Å². The van der Waals surface area contributed by atoms with Gasteiger partial charge in [-0.05, 0) is 116 Å². The lowest BCUT2D eigenvalue weighted by molar-refractivity contribution is 0.0128. The van der Waals surface area contributed by atoms with Crippen LogP contribution in [0, 0.1) is 45.8 Å². The van der Waals surface area contributed by atoms with E-state index in [1.807, 2.05) is 11.1 Å². The summed E-state index contributed by atoms with van der Waals surface area (Å²) in [5, 5.41) is 10.3. The number of aliphatic hydroxyl groups is 1. The summed E-state index contributed by atoms with van der Waals surface area (Å²) >= 11 is 0. The predicted molar refractivity (Wildman–Crippen MR) is 128 cm³/mol. The molecule has 30 heavy (non-hydrogen) atoms. The van der Waals surface area contributed by atoms with E-state index in [-0.39, 0.29) is 6.10 Å². The van der Waals surface area contributed by atoms with Gasteiger partial charge in [-0.3, -0.25) is 0 Å². The van der Waals surface area contributed by atoms with Crippen LogP contribution in [0.3, 0.4) is 0 Å². The highest BCUT2D eigenvalue weighted by Gasteiger charge is 2.55. The average Bonchev–Trinajstić information content (AvgIpc) is 3.04. The van der Waals surface area contributed by atoms with Crippen LogP contribution in [0.1, 0.15) is 119 Å². The summed E-state index contributed by atoms with van der Waals surface area (Å²) in [5.74, 6) is 4.13. The minimum absolute atomic E-state index is 0.0362. The Morgan fingerprint density at radius 2 is 1.73 bits per heavy atom. The van der Waals surface area contributed by atoms with Crippen molar-refractivity contribution in [1.82, 2.24) is 0 Å². The second kappa shape index (κ2) is 7.93. The third-order valence-electron chi connectivity index (χ3n) is 11.5. The molecule has 7 atom stereocenters. The zero-order chi connectivity index (χ0) is 21.9. The van der Waals surface area contributed by atoms with Gasteiger partial charge in [0.1, 0.15) is 0 Å². The molecular formula is C29H50O. The highest BCUT2D eigenvalue weighted by atomic mass is 16.3. The van der Waals surface area contributed by atoms with E-state index in [1.54, 1.807) is 0 Å². The molecule has 0 aromatic rings. The van der Waals surface area contributed by atoms with Crippen LogP contribution in [0.5, 0.6) is 0 Å². The summed E-state index contributed by atoms with van der Waals surface area (Å²) in [6.45, 7) is 17.6. The Balaban J connectivity index is 1.52. The van der Waals surface area contributed by atoms with E-state index in [9.17, 15) is 5.11 Å². The molecular weight excluding hydrogens is 364 g/mol. The highest BCUT2D eigenvalue weighted by Crippen LogP contribution is 2.66. The molecule has 1 nitrogen and oxygen atoms in total. The van der Waals surface area contributed by atoms with Crippen molar-refractivity contribution in [2.24, 2.45) is 45.8 Å². The summed E-state index contributed by atoms with van der Waals surface area (Å²) in [7, 11) is 0. The van der Waals surface area contributed by atoms with Crippen molar-refractivity contribution in [3.63, 3.8) is 0 Å². The molecule has 1 heteroatoms. The molecule has 0 saturated heterocycles. The first kappa shape index (κ1) is 22.9. The number of aliphatic hydroxyl groups excluding tert-OH is 1. The van der Waals surface area contributed by atoms with Crippen LogP contribution in [0.4, 0.5) is 0 Å². The van der Waals surface area contributed by atoms with Crippen LogP contribution in [0.15, 0.2) is 11.1 Å². The third-order valence-corrected chi connectivity index (χ3v) is 11.5. The molecule has 2 fully saturated rings. The quantitative estimate of drug-likeness (QED) is 0.450. The predicted octanol–water partition coefficient (Wildman–Crippen LogP) is 8.17. The highest BCUT2D eigenvalue weighted by molar-refractivity contribution is 5.34. The second-order valence-electron chi connectivity index (χ2n) is 13.5. The van der Waals surface area contributed by atoms with E-state index in [0.717, 1.165) is 42.4 Å². The Morgan fingerprint density at radius 3 is 2.43 bits per heavy atom. The molecule has 0 aliphatic heterocycles. The van der Waals surface area contributed by atoms with Gasteiger partial charge >= 0.3 is 0 Å². The molecule has 0 radical (unpaired) electrons. The monoisotopic (exact) mass is 414 g/mol. The molecule has 7 unspecified atom stereocenters. The van der Waals surface area contributed by atoms with Gasteiger partial charge in [-0.15, -0.1) is 0 Å². The molecule has 4 aliphatic rings. The van der Waals surface area contributed by atoms with Gasteiger partial charge in [-0.25, -0.2) is 0 Å². The van der Waals surface area contributed by atoms with Crippen molar-refractivity contribution in [3.8, 4) is 0 Å². The molecule has 2 saturated carbocycles. The molecule has 4 aliphatic carbocycles. The molecule has 0 aromatic carbocycles. The van der Waals surface area contributed by atoms with E-state index in [2.05, 4.69) is 48.5 Å². The maximum absolute atomic E-state index is 10.3. The number of hydrogen-bond donors (Lipinski definition) is 1. The maximum atomic E-state index is 10.3. The van der Waals surface area contributed by atoms with Crippen molar-refractivity contribution in [3.05, 3.63) is 11.1 Å². The first-order valence-corrected chi connectivity index (χ1v) is 13.4. The zero-order valence-corrected chi connectivity index (χ0v) is 21.2. The van der Waals surface area contributed by atoms with Gasteiger partial charge in [0, 0.05) is 0 Å². The smallest absolute Gasteiger partial charge is 0.0543 e. The van der Waals surface area contributed by atoms with Gasteiger partial charge in [0.2, 0.25) is 0 Å². The largest absolute Gasteiger partial charge is 0.393 e. The first-order chi connectivity index (χ1) is 14.0. The van der Waals surface area contributed by atoms with Crippen LogP contribution < -0.4 is 0 Å². The third kappa shape index (κ3) is 3.64. The van der Waals surface area contributed by atoms with Crippen LogP contribution in [-0.4, -0.2) is 11.2 Å². The Morgan fingerprint density at radius 1 is 1.00 bits per heavy atom. The van der Waals surface area contributed by atoms with Crippen molar-refractivity contribution >= 4 is 0 Å². The van der Waals surface area contributed by atoms with E-state index in [1.165, 1.54) is 57.8 Å². The fraction of sp³-hybridized carbons (Fsp3) is 0.931. The molecule has 0 heterocycles. The Kier molecular flexibility index (Phi) is 6.05. The van der Waals surface area contributed by atoms with E-state index in [0.29, 0.717) is 16.2 Å². The lowest BCUT2D eigenvalue weighted by Crippen LogP contribution is -2.45. The molecule has 1 N–H and O–H groups in total. The van der Waals surface area contributed by atoms with Crippen LogP contribution in [0.2, 0.25) is 0 Å². The molecule has 172 valence electrons. The summed E-state index contributed by atoms with van der Waals surface area (Å²) < 4.78 is 0. The Bertz CT molecular complexity index is 672. The number of fused-ring (bicyclic) bond motifs is 4. The molecule has 0 spiro atoms. The fourth-order valence-electron chi connectivity index (χ4n) is 8.50. The SMILES string of the molecule is CC(CCC(C)(C)C(C)C)C1CCC2C3=C(CCC21C)C1(C)CCC(O)CC1CC3. The molecule has 4 rings (SSSR count). The van der Waals surface area contributed by atoms with Crippen molar-refractivity contribution < 1.29 is 5.11 Å². The summed E-state index contributed by atoms with van der Waals surface area (Å²) in [6, 6.07) is 0. The normalized spacial score (nSPS) is 42.7. The molecule has 0 amide bonds. The molecule has 0 bridgehead atoms. The summed E-state index contributed by atoms with van der Waals surface area (Å²) in [4.78, 5) is 0. The first-order valence-electron chi connectivity index (χ1n) is 13.4. The average molecular weight is 415 g/mol. The zero-order valence-electron chi connectivity index (χ0n) is 21.2. The summed E-state index contributed by atoms with van der Waals surface area (Å²) in [6.07, 6.45) is 14.4. The van der Waals surface area contributed by atoms with Crippen LogP contribution in [0.25, 0.3) is 0 Å². The number of allylic oxidation sites excluding steroid dienone is 2. The van der Waals surface area contributed by atoms with Gasteiger partial charge in [-0.2, -0.15) is 0 Å². The van der Waals surface area contributed by atoms with E-state index < -0.39 is 0 Å². The van der Waals surface area contributed by atoms with Gasteiger partial charge in [-0.1, -0.05) is 59.6 Å². The Hall–Kier alpha value is -0.300. The summed E-state index contributed by atoms with van der Waals surface area (Å²) in [5.41, 5.74) is 5.20. The van der Waals surface area contributed by atoms with Crippen LogP contribution >= 0.6 is 0 Å². The standard InChI is InChI=1S/C29H50O/c1-19(2)27(4,5)15-12-20(3)24-10-11-25-23-9-8-21-18-22(30)13-16-28(21,6)26(23)14-17-29(24,25)7/h19-22,24-25,30H,8-18H2,1-7H3. The van der Waals surface area contributed by atoms with Crippen molar-refractivity contribution in [2.75, 3.05) is 0 Å². The lowest BCUT2D eigenvalue weighted by atomic mass is 9.50. The van der Waals surface area contributed by atoms with E-state index >= 15 is 0 Å². The minimum atomic E-state index is -0.0362. The molecule has 0 aromatic heterocycles. The number of rotatable bonds is 5. The van der Waals surface area contributed by atoms with Crippen LogP contribution in [-0.2, 0) is 0 Å². The van der Waals surface area contributed by atoms with Crippen molar-refractivity contribution in [2.45, 2.75) is 125 Å².